The van der Waals surface area contributed by atoms with E-state index < -0.39 is 14.9 Å². The van der Waals surface area contributed by atoms with Gasteiger partial charge in [-0.1, -0.05) is 6.07 Å². The maximum absolute atomic E-state index is 12.4. The van der Waals surface area contributed by atoms with Crippen LogP contribution in [0.3, 0.4) is 0 Å². The van der Waals surface area contributed by atoms with Crippen molar-refractivity contribution in [1.82, 2.24) is 9.62 Å². The molecule has 2 rings (SSSR count). The van der Waals surface area contributed by atoms with Crippen LogP contribution in [0.1, 0.15) is 32.3 Å². The molecule has 2 atom stereocenters. The van der Waals surface area contributed by atoms with E-state index >= 15 is 0 Å². The molecule has 0 saturated carbocycles. The van der Waals surface area contributed by atoms with E-state index in [-0.39, 0.29) is 22.8 Å². The van der Waals surface area contributed by atoms with Crippen LogP contribution in [0.4, 0.5) is 5.69 Å². The maximum Gasteiger partial charge on any atom is 0.270 e. The fourth-order valence-corrected chi connectivity index (χ4v) is 4.54. The van der Waals surface area contributed by atoms with E-state index in [0.29, 0.717) is 18.5 Å². The minimum atomic E-state index is -3.76. The maximum atomic E-state index is 12.4. The number of aryl methyl sites for hydroxylation is 1. The first-order valence-corrected chi connectivity index (χ1v) is 10.3. The average molecular weight is 385 g/mol. The average Bonchev–Trinajstić information content (AvgIpc) is 2.53. The quantitative estimate of drug-likeness (QED) is 0.418. The minimum Gasteiger partial charge on any atom is -0.373 e. The topological polar surface area (TPSA) is 102 Å². The van der Waals surface area contributed by atoms with Crippen molar-refractivity contribution in [1.29, 1.82) is 0 Å². The number of nitro benzene ring substituents is 1. The van der Waals surface area contributed by atoms with Crippen LogP contribution in [-0.2, 0) is 14.8 Å². The summed E-state index contributed by atoms with van der Waals surface area (Å²) in [6.45, 7) is 8.72. The normalized spacial score (nSPS) is 21.7. The van der Waals surface area contributed by atoms with Crippen molar-refractivity contribution >= 4 is 15.7 Å². The van der Waals surface area contributed by atoms with Crippen molar-refractivity contribution in [2.24, 2.45) is 0 Å². The van der Waals surface area contributed by atoms with Crippen molar-refractivity contribution in [3.8, 4) is 0 Å². The van der Waals surface area contributed by atoms with Crippen LogP contribution < -0.4 is 4.72 Å². The first-order valence-electron chi connectivity index (χ1n) is 8.81. The van der Waals surface area contributed by atoms with Crippen LogP contribution in [0.5, 0.6) is 0 Å². The molecule has 0 unspecified atom stereocenters. The molecule has 9 heteroatoms. The zero-order valence-corrected chi connectivity index (χ0v) is 16.3. The number of benzene rings is 1. The Morgan fingerprint density at radius 2 is 1.92 bits per heavy atom. The Hall–Kier alpha value is -1.55. The number of nitrogens with zero attached hydrogens (tertiary/aromatic N) is 2. The third-order valence-electron chi connectivity index (χ3n) is 4.36. The van der Waals surface area contributed by atoms with E-state index in [4.69, 9.17) is 4.74 Å². The molecule has 8 nitrogen and oxygen atoms in total. The first kappa shape index (κ1) is 20.8. The highest BCUT2D eigenvalue weighted by atomic mass is 32.2. The van der Waals surface area contributed by atoms with Gasteiger partial charge >= 0.3 is 0 Å². The van der Waals surface area contributed by atoms with E-state index in [0.717, 1.165) is 32.1 Å². The van der Waals surface area contributed by atoms with Crippen molar-refractivity contribution in [2.75, 3.05) is 26.2 Å². The summed E-state index contributed by atoms with van der Waals surface area (Å²) in [5, 5.41) is 10.9. The number of nitrogens with one attached hydrogen (secondary N) is 1. The van der Waals surface area contributed by atoms with Crippen molar-refractivity contribution in [2.45, 2.75) is 50.7 Å². The molecular formula is C17H27N3O5S. The molecular weight excluding hydrogens is 358 g/mol. The summed E-state index contributed by atoms with van der Waals surface area (Å²) in [4.78, 5) is 12.6. The van der Waals surface area contributed by atoms with Crippen LogP contribution >= 0.6 is 0 Å². The second kappa shape index (κ2) is 8.90. The number of non-ortho nitro benzene ring substituents is 1. The van der Waals surface area contributed by atoms with Gasteiger partial charge in [0.15, 0.2) is 0 Å². The van der Waals surface area contributed by atoms with Gasteiger partial charge in [-0.2, -0.15) is 0 Å². The van der Waals surface area contributed by atoms with E-state index in [2.05, 4.69) is 23.5 Å². The first-order chi connectivity index (χ1) is 12.2. The summed E-state index contributed by atoms with van der Waals surface area (Å²) >= 11 is 0. The highest BCUT2D eigenvalue weighted by molar-refractivity contribution is 7.89. The molecule has 0 aromatic heterocycles. The number of ether oxygens (including phenoxy) is 1. The van der Waals surface area contributed by atoms with E-state index in [1.165, 1.54) is 12.1 Å². The molecule has 0 amide bonds. The molecule has 0 aliphatic carbocycles. The molecule has 1 saturated heterocycles. The van der Waals surface area contributed by atoms with Crippen LogP contribution in [0.25, 0.3) is 0 Å². The SMILES string of the molecule is Cc1ccc([N+](=O)[O-])cc1S(=O)(=O)NCCCCN1C[C@@H](C)O[C@@H](C)C1. The number of sulfonamides is 1. The van der Waals surface area contributed by atoms with E-state index in [1.807, 2.05) is 0 Å². The van der Waals surface area contributed by atoms with Gasteiger partial charge in [0.05, 0.1) is 22.0 Å². The minimum absolute atomic E-state index is 0.0393. The predicted molar refractivity (Wildman–Crippen MR) is 98.7 cm³/mol. The van der Waals surface area contributed by atoms with Gasteiger partial charge in [-0.05, 0) is 45.7 Å². The third kappa shape index (κ3) is 5.73. The van der Waals surface area contributed by atoms with Crippen LogP contribution in [-0.4, -0.2) is 56.6 Å². The second-order valence-corrected chi connectivity index (χ2v) is 8.56. The standard InChI is InChI=1S/C17H27N3O5S/c1-13-6-7-16(20(21)22)10-17(13)26(23,24)18-8-4-5-9-19-11-14(2)25-15(3)12-19/h6-7,10,14-15,18H,4-5,8-9,11-12H2,1-3H3/t14-,15+. The second-order valence-electron chi connectivity index (χ2n) is 6.83. The number of rotatable bonds is 8. The lowest BCUT2D eigenvalue weighted by Gasteiger charge is -2.35. The highest BCUT2D eigenvalue weighted by Crippen LogP contribution is 2.21. The Balaban J connectivity index is 1.83. The van der Waals surface area contributed by atoms with Gasteiger partial charge in [-0.15, -0.1) is 0 Å². The fourth-order valence-electron chi connectivity index (χ4n) is 3.20. The van der Waals surface area contributed by atoms with Gasteiger partial charge in [0.1, 0.15) is 0 Å². The monoisotopic (exact) mass is 385 g/mol. The zero-order chi connectivity index (χ0) is 19.3. The summed E-state index contributed by atoms with van der Waals surface area (Å²) in [6.07, 6.45) is 2.01. The van der Waals surface area contributed by atoms with Crippen LogP contribution in [0, 0.1) is 17.0 Å². The van der Waals surface area contributed by atoms with Crippen molar-refractivity contribution in [3.05, 3.63) is 33.9 Å². The molecule has 1 aliphatic rings. The smallest absolute Gasteiger partial charge is 0.270 e. The molecule has 1 aromatic carbocycles. The Labute approximate surface area is 154 Å². The summed E-state index contributed by atoms with van der Waals surface area (Å²) < 4.78 is 33.1. The summed E-state index contributed by atoms with van der Waals surface area (Å²) in [6, 6.07) is 3.86. The van der Waals surface area contributed by atoms with Gasteiger partial charge in [0, 0.05) is 31.8 Å². The Kier molecular flexibility index (Phi) is 7.10. The number of morpholine rings is 1. The molecule has 1 fully saturated rings. The highest BCUT2D eigenvalue weighted by Gasteiger charge is 2.22. The molecule has 0 bridgehead atoms. The van der Waals surface area contributed by atoms with Crippen molar-refractivity contribution in [3.63, 3.8) is 0 Å². The van der Waals surface area contributed by atoms with Crippen LogP contribution in [0.15, 0.2) is 23.1 Å². The van der Waals surface area contributed by atoms with Gasteiger partial charge < -0.3 is 4.74 Å². The fraction of sp³-hybridized carbons (Fsp3) is 0.647. The summed E-state index contributed by atoms with van der Waals surface area (Å²) in [5.41, 5.74) is 0.255. The Morgan fingerprint density at radius 1 is 1.27 bits per heavy atom. The molecule has 1 aliphatic heterocycles. The number of nitro groups is 1. The Bertz CT molecular complexity index is 728. The third-order valence-corrected chi connectivity index (χ3v) is 5.96. The molecule has 146 valence electrons. The largest absolute Gasteiger partial charge is 0.373 e. The van der Waals surface area contributed by atoms with Gasteiger partial charge in [0.25, 0.3) is 5.69 Å². The van der Waals surface area contributed by atoms with Gasteiger partial charge in [-0.3, -0.25) is 15.0 Å². The molecule has 0 spiro atoms. The number of hydrogen-bond acceptors (Lipinski definition) is 6. The lowest BCUT2D eigenvalue weighted by atomic mass is 10.2. The molecule has 0 radical (unpaired) electrons. The summed E-state index contributed by atoms with van der Waals surface area (Å²) in [7, 11) is -3.76. The lowest BCUT2D eigenvalue weighted by Crippen LogP contribution is -2.45. The Morgan fingerprint density at radius 3 is 2.54 bits per heavy atom. The molecule has 1 aromatic rings. The van der Waals surface area contributed by atoms with Gasteiger partial charge in [0.2, 0.25) is 10.0 Å². The van der Waals surface area contributed by atoms with E-state index in [9.17, 15) is 18.5 Å². The summed E-state index contributed by atoms with van der Waals surface area (Å²) in [5.74, 6) is 0. The number of hydrogen-bond donors (Lipinski definition) is 1. The molecule has 26 heavy (non-hydrogen) atoms. The predicted octanol–water partition coefficient (Wildman–Crippen LogP) is 2.07. The number of unbranched alkanes of at least 4 members (excludes halogenated alkanes) is 1. The zero-order valence-electron chi connectivity index (χ0n) is 15.5. The van der Waals surface area contributed by atoms with E-state index in [1.54, 1.807) is 6.92 Å². The van der Waals surface area contributed by atoms with Gasteiger partial charge in [-0.25, -0.2) is 13.1 Å². The van der Waals surface area contributed by atoms with Crippen molar-refractivity contribution < 1.29 is 18.1 Å². The molecule has 1 heterocycles. The lowest BCUT2D eigenvalue weighted by molar-refractivity contribution is -0.385. The van der Waals surface area contributed by atoms with Crippen LogP contribution in [0.2, 0.25) is 0 Å². The molecule has 1 N–H and O–H groups in total.